The molecule has 0 bridgehead atoms. The SMILES string of the molecule is COC(=O)c1c(-c2ccc(I)cc2)n2c3ccccc3c(=O)n2c2ccccc12. The lowest BCUT2D eigenvalue weighted by Crippen LogP contribution is -2.18. The van der Waals surface area contributed by atoms with Crippen LogP contribution in [0.15, 0.2) is 77.6 Å². The van der Waals surface area contributed by atoms with E-state index in [2.05, 4.69) is 22.6 Å². The van der Waals surface area contributed by atoms with Gasteiger partial charge < -0.3 is 4.74 Å². The van der Waals surface area contributed by atoms with Gasteiger partial charge in [-0.1, -0.05) is 42.5 Å². The number of fused-ring (bicyclic) bond motifs is 5. The van der Waals surface area contributed by atoms with Crippen molar-refractivity contribution in [3.63, 3.8) is 0 Å². The number of ether oxygens (including phenoxy) is 1. The van der Waals surface area contributed by atoms with E-state index >= 15 is 0 Å². The summed E-state index contributed by atoms with van der Waals surface area (Å²) in [6, 6.07) is 22.7. The summed E-state index contributed by atoms with van der Waals surface area (Å²) in [6.07, 6.45) is 0. The van der Waals surface area contributed by atoms with E-state index in [-0.39, 0.29) is 5.56 Å². The van der Waals surface area contributed by atoms with E-state index in [1.807, 2.05) is 77.3 Å². The molecule has 0 spiro atoms. The van der Waals surface area contributed by atoms with Gasteiger partial charge in [0.25, 0.3) is 5.56 Å². The molecule has 0 aliphatic heterocycles. The zero-order valence-electron chi connectivity index (χ0n) is 15.4. The fraction of sp³-hybridized carbons (Fsp3) is 0.0435. The first-order valence-electron chi connectivity index (χ1n) is 9.03. The van der Waals surface area contributed by atoms with Crippen LogP contribution in [0.4, 0.5) is 0 Å². The van der Waals surface area contributed by atoms with E-state index in [1.165, 1.54) is 7.11 Å². The second kappa shape index (κ2) is 6.73. The van der Waals surface area contributed by atoms with Crippen molar-refractivity contribution in [1.29, 1.82) is 0 Å². The molecule has 0 unspecified atom stereocenters. The zero-order chi connectivity index (χ0) is 20.1. The van der Waals surface area contributed by atoms with E-state index in [4.69, 9.17) is 4.74 Å². The van der Waals surface area contributed by atoms with Crippen molar-refractivity contribution in [2.75, 3.05) is 7.11 Å². The van der Waals surface area contributed by atoms with Gasteiger partial charge in [-0.05, 0) is 52.9 Å². The number of esters is 1. The summed E-state index contributed by atoms with van der Waals surface area (Å²) in [5.74, 6) is -0.442. The maximum Gasteiger partial charge on any atom is 0.340 e. The van der Waals surface area contributed by atoms with Gasteiger partial charge in [0.2, 0.25) is 0 Å². The Hall–Kier alpha value is -3.13. The lowest BCUT2D eigenvalue weighted by molar-refractivity contribution is 0.0603. The minimum atomic E-state index is -0.442. The number of para-hydroxylation sites is 2. The zero-order valence-corrected chi connectivity index (χ0v) is 17.6. The second-order valence-electron chi connectivity index (χ2n) is 6.69. The molecule has 0 aliphatic rings. The van der Waals surface area contributed by atoms with Gasteiger partial charge in [-0.3, -0.25) is 4.79 Å². The molecule has 2 heterocycles. The third-order valence-electron chi connectivity index (χ3n) is 5.11. The molecule has 0 fully saturated rings. The number of methoxy groups -OCH3 is 1. The Labute approximate surface area is 179 Å². The topological polar surface area (TPSA) is 52.2 Å². The van der Waals surface area contributed by atoms with Gasteiger partial charge in [-0.2, -0.15) is 0 Å². The monoisotopic (exact) mass is 494 g/mol. The fourth-order valence-corrected chi connectivity index (χ4v) is 4.24. The van der Waals surface area contributed by atoms with Crippen molar-refractivity contribution in [3.05, 3.63) is 92.3 Å². The van der Waals surface area contributed by atoms with Crippen LogP contribution >= 0.6 is 22.6 Å². The third kappa shape index (κ3) is 2.59. The van der Waals surface area contributed by atoms with Crippen LogP contribution in [0.25, 0.3) is 33.1 Å². The molecular formula is C23H15IN2O3. The van der Waals surface area contributed by atoms with Crippen molar-refractivity contribution in [1.82, 2.24) is 9.03 Å². The maximum atomic E-state index is 13.3. The van der Waals surface area contributed by atoms with E-state index in [0.29, 0.717) is 27.5 Å². The largest absolute Gasteiger partial charge is 0.465 e. The first kappa shape index (κ1) is 17.9. The summed E-state index contributed by atoms with van der Waals surface area (Å²) in [7, 11) is 1.37. The molecule has 3 aromatic carbocycles. The van der Waals surface area contributed by atoms with Gasteiger partial charge in [0.1, 0.15) is 0 Å². The van der Waals surface area contributed by atoms with Gasteiger partial charge in [-0.15, -0.1) is 0 Å². The van der Waals surface area contributed by atoms with Gasteiger partial charge in [0.15, 0.2) is 0 Å². The van der Waals surface area contributed by atoms with Crippen LogP contribution in [0, 0.1) is 3.57 Å². The molecule has 0 N–H and O–H groups in total. The van der Waals surface area contributed by atoms with Crippen molar-refractivity contribution in [2.45, 2.75) is 0 Å². The molecular weight excluding hydrogens is 479 g/mol. The Morgan fingerprint density at radius 3 is 2.07 bits per heavy atom. The minimum Gasteiger partial charge on any atom is -0.465 e. The first-order valence-corrected chi connectivity index (χ1v) is 10.1. The van der Waals surface area contributed by atoms with E-state index in [9.17, 15) is 9.59 Å². The van der Waals surface area contributed by atoms with Gasteiger partial charge in [-0.25, -0.2) is 13.8 Å². The highest BCUT2D eigenvalue weighted by molar-refractivity contribution is 14.1. The summed E-state index contributed by atoms with van der Waals surface area (Å²) in [5, 5.41) is 1.27. The molecule has 2 aromatic heterocycles. The number of carbonyl (C=O) groups excluding carboxylic acids is 1. The summed E-state index contributed by atoms with van der Waals surface area (Å²) in [5.41, 5.74) is 3.16. The highest BCUT2D eigenvalue weighted by Crippen LogP contribution is 2.32. The normalized spacial score (nSPS) is 11.4. The number of aromatic nitrogens is 2. The highest BCUT2D eigenvalue weighted by Gasteiger charge is 2.24. The van der Waals surface area contributed by atoms with Crippen LogP contribution in [-0.4, -0.2) is 22.1 Å². The van der Waals surface area contributed by atoms with E-state index < -0.39 is 5.97 Å². The maximum absolute atomic E-state index is 13.3. The van der Waals surface area contributed by atoms with Crippen molar-refractivity contribution < 1.29 is 9.53 Å². The molecule has 142 valence electrons. The molecule has 5 nitrogen and oxygen atoms in total. The number of benzene rings is 3. The summed E-state index contributed by atoms with van der Waals surface area (Å²) < 4.78 is 9.70. The van der Waals surface area contributed by atoms with Crippen LogP contribution in [-0.2, 0) is 4.74 Å². The Balaban J connectivity index is 2.15. The average Bonchev–Trinajstić information content (AvgIpc) is 3.06. The molecule has 0 saturated carbocycles. The Morgan fingerprint density at radius 1 is 0.828 bits per heavy atom. The Morgan fingerprint density at radius 2 is 1.41 bits per heavy atom. The number of halogens is 1. The summed E-state index contributed by atoms with van der Waals surface area (Å²) >= 11 is 2.24. The van der Waals surface area contributed by atoms with Crippen LogP contribution in [0.1, 0.15) is 10.4 Å². The third-order valence-corrected chi connectivity index (χ3v) is 5.83. The smallest absolute Gasteiger partial charge is 0.340 e. The van der Waals surface area contributed by atoms with Crippen LogP contribution in [0.3, 0.4) is 0 Å². The molecule has 0 atom stereocenters. The quantitative estimate of drug-likeness (QED) is 0.263. The molecule has 0 saturated heterocycles. The molecule has 0 aliphatic carbocycles. The first-order chi connectivity index (χ1) is 14.1. The van der Waals surface area contributed by atoms with E-state index in [0.717, 1.165) is 14.7 Å². The standard InChI is InChI=1S/C23H15IN2O3/c1-29-23(28)20-16-6-2-4-8-18(16)26-22(27)17-7-3-5-9-19(17)25(26)21(20)14-10-12-15(24)13-11-14/h2-13H,1H3. The van der Waals surface area contributed by atoms with Crippen LogP contribution in [0.2, 0.25) is 0 Å². The van der Waals surface area contributed by atoms with E-state index in [1.54, 1.807) is 4.52 Å². The number of carbonyl (C=O) groups is 1. The highest BCUT2D eigenvalue weighted by atomic mass is 127. The van der Waals surface area contributed by atoms with Gasteiger partial charge in [0.05, 0.1) is 34.8 Å². The van der Waals surface area contributed by atoms with Crippen molar-refractivity contribution >= 4 is 50.4 Å². The molecule has 6 heteroatoms. The number of nitrogens with zero attached hydrogens (tertiary/aromatic N) is 2. The average molecular weight is 494 g/mol. The van der Waals surface area contributed by atoms with Crippen molar-refractivity contribution in [3.8, 4) is 11.3 Å². The van der Waals surface area contributed by atoms with Crippen molar-refractivity contribution in [2.24, 2.45) is 0 Å². The van der Waals surface area contributed by atoms with Gasteiger partial charge in [0, 0.05) is 14.5 Å². The predicted octanol–water partition coefficient (Wildman–Crippen LogP) is 4.76. The molecule has 29 heavy (non-hydrogen) atoms. The summed E-state index contributed by atoms with van der Waals surface area (Å²) in [6.45, 7) is 0. The lowest BCUT2D eigenvalue weighted by Gasteiger charge is -2.17. The van der Waals surface area contributed by atoms with Crippen LogP contribution in [0.5, 0.6) is 0 Å². The molecule has 5 aromatic rings. The number of hydrogen-bond acceptors (Lipinski definition) is 3. The predicted molar refractivity (Wildman–Crippen MR) is 122 cm³/mol. The number of hydrogen-bond donors (Lipinski definition) is 0. The minimum absolute atomic E-state index is 0.125. The lowest BCUT2D eigenvalue weighted by atomic mass is 10.0. The molecule has 0 amide bonds. The molecule has 0 radical (unpaired) electrons. The molecule has 5 rings (SSSR count). The Kier molecular flexibility index (Phi) is 4.16. The fourth-order valence-electron chi connectivity index (χ4n) is 3.88. The Bertz CT molecular complexity index is 1480. The second-order valence-corrected chi connectivity index (χ2v) is 7.93. The van der Waals surface area contributed by atoms with Gasteiger partial charge >= 0.3 is 5.97 Å². The number of rotatable bonds is 2. The van der Waals surface area contributed by atoms with Crippen LogP contribution < -0.4 is 5.56 Å². The summed E-state index contributed by atoms with van der Waals surface area (Å²) in [4.78, 5) is 26.3.